The number of halogens is 1. The highest BCUT2D eigenvalue weighted by molar-refractivity contribution is 6.31. The average molecular weight is 394 g/mol. The number of hydrogen-bond donors (Lipinski definition) is 1. The first-order valence-corrected chi connectivity index (χ1v) is 9.41. The Bertz CT molecular complexity index is 1130. The fourth-order valence-electron chi connectivity index (χ4n) is 3.35. The Labute approximate surface area is 167 Å². The van der Waals surface area contributed by atoms with Gasteiger partial charge in [0.25, 0.3) is 0 Å². The third kappa shape index (κ3) is 3.66. The second kappa shape index (κ2) is 7.52. The maximum absolute atomic E-state index is 13.0. The van der Waals surface area contributed by atoms with E-state index < -0.39 is 0 Å². The van der Waals surface area contributed by atoms with Crippen LogP contribution in [0, 0.1) is 6.92 Å². The molecule has 4 rings (SSSR count). The van der Waals surface area contributed by atoms with Crippen molar-refractivity contribution in [1.29, 1.82) is 0 Å². The van der Waals surface area contributed by atoms with Crippen LogP contribution >= 0.6 is 11.6 Å². The van der Waals surface area contributed by atoms with Gasteiger partial charge in [-0.3, -0.25) is 4.79 Å². The van der Waals surface area contributed by atoms with Gasteiger partial charge in [-0.05, 0) is 36.2 Å². The smallest absolute Gasteiger partial charge is 0.227 e. The Balaban J connectivity index is 1.68. The lowest BCUT2D eigenvalue weighted by Crippen LogP contribution is -2.27. The third-order valence-corrected chi connectivity index (χ3v) is 4.99. The van der Waals surface area contributed by atoms with Gasteiger partial charge in [0, 0.05) is 29.0 Å². The summed E-state index contributed by atoms with van der Waals surface area (Å²) in [4.78, 5) is 18.0. The summed E-state index contributed by atoms with van der Waals surface area (Å²) in [6.45, 7) is 2.24. The van der Waals surface area contributed by atoms with Gasteiger partial charge < -0.3 is 14.4 Å². The molecule has 0 unspecified atom stereocenters. The summed E-state index contributed by atoms with van der Waals surface area (Å²) in [5.41, 5.74) is 4.67. The molecule has 0 spiro atoms. The fourth-order valence-corrected chi connectivity index (χ4v) is 3.53. The van der Waals surface area contributed by atoms with Gasteiger partial charge in [-0.15, -0.1) is 0 Å². The molecule has 6 heteroatoms. The third-order valence-electron chi connectivity index (χ3n) is 4.75. The first kappa shape index (κ1) is 18.3. The van der Waals surface area contributed by atoms with Crippen LogP contribution in [0.25, 0.3) is 22.2 Å². The van der Waals surface area contributed by atoms with E-state index in [4.69, 9.17) is 16.1 Å². The minimum Gasteiger partial charge on any atom is -0.359 e. The number of nitrogens with one attached hydrogen (secondary N) is 1. The van der Waals surface area contributed by atoms with Crippen molar-refractivity contribution in [3.63, 3.8) is 0 Å². The van der Waals surface area contributed by atoms with Crippen molar-refractivity contribution in [1.82, 2.24) is 15.0 Å². The van der Waals surface area contributed by atoms with Crippen LogP contribution in [-0.2, 0) is 17.8 Å². The molecule has 0 saturated carbocycles. The highest BCUT2D eigenvalue weighted by atomic mass is 35.5. The lowest BCUT2D eigenvalue weighted by molar-refractivity contribution is -0.129. The Morgan fingerprint density at radius 3 is 2.68 bits per heavy atom. The van der Waals surface area contributed by atoms with Gasteiger partial charge in [-0.25, -0.2) is 0 Å². The number of carbonyl (C=O) groups excluding carboxylic acids is 1. The van der Waals surface area contributed by atoms with Crippen LogP contribution in [0.4, 0.5) is 0 Å². The topological polar surface area (TPSA) is 62.1 Å². The molecule has 5 nitrogen and oxygen atoms in total. The molecule has 4 aromatic rings. The van der Waals surface area contributed by atoms with Crippen molar-refractivity contribution in [3.8, 4) is 11.3 Å². The van der Waals surface area contributed by atoms with Crippen LogP contribution in [0.3, 0.4) is 0 Å². The van der Waals surface area contributed by atoms with Gasteiger partial charge in [0.05, 0.1) is 24.4 Å². The number of benzene rings is 2. The lowest BCUT2D eigenvalue weighted by atomic mass is 10.0. The zero-order valence-corrected chi connectivity index (χ0v) is 16.5. The van der Waals surface area contributed by atoms with Crippen LogP contribution < -0.4 is 0 Å². The van der Waals surface area contributed by atoms with E-state index in [1.165, 1.54) is 0 Å². The summed E-state index contributed by atoms with van der Waals surface area (Å²) in [5, 5.41) is 5.48. The van der Waals surface area contributed by atoms with E-state index in [0.29, 0.717) is 17.3 Å². The maximum atomic E-state index is 13.0. The highest BCUT2D eigenvalue weighted by Crippen LogP contribution is 2.32. The molecular formula is C22H20ClN3O2. The van der Waals surface area contributed by atoms with Crippen LogP contribution in [0.5, 0.6) is 0 Å². The predicted molar refractivity (Wildman–Crippen MR) is 110 cm³/mol. The number of likely N-dealkylation sites (N-methyl/N-ethyl adjacent to an activating group) is 1. The van der Waals surface area contributed by atoms with Crippen molar-refractivity contribution in [3.05, 3.63) is 76.6 Å². The molecule has 0 radical (unpaired) electrons. The molecule has 0 saturated heterocycles. The molecule has 0 aliphatic heterocycles. The molecule has 28 heavy (non-hydrogen) atoms. The molecule has 0 aliphatic rings. The number of rotatable bonds is 5. The molecular weight excluding hydrogens is 374 g/mol. The summed E-state index contributed by atoms with van der Waals surface area (Å²) in [6, 6.07) is 17.5. The van der Waals surface area contributed by atoms with Crippen molar-refractivity contribution >= 4 is 28.4 Å². The minimum absolute atomic E-state index is 0.00731. The quantitative estimate of drug-likeness (QED) is 0.519. The summed E-state index contributed by atoms with van der Waals surface area (Å²) in [5.74, 6) is 0.658. The van der Waals surface area contributed by atoms with Crippen molar-refractivity contribution in [2.75, 3.05) is 7.05 Å². The number of H-pyrrole nitrogens is 1. The molecule has 1 N–H and O–H groups in total. The van der Waals surface area contributed by atoms with Gasteiger partial charge in [0.2, 0.25) is 5.91 Å². The largest absolute Gasteiger partial charge is 0.359 e. The average Bonchev–Trinajstić information content (AvgIpc) is 3.26. The van der Waals surface area contributed by atoms with E-state index in [1.54, 1.807) is 11.9 Å². The number of nitrogens with zero attached hydrogens (tertiary/aromatic N) is 2. The molecule has 2 aromatic carbocycles. The van der Waals surface area contributed by atoms with Crippen molar-refractivity contribution < 1.29 is 9.32 Å². The minimum atomic E-state index is -0.00731. The summed E-state index contributed by atoms with van der Waals surface area (Å²) in [6.07, 6.45) is 0.258. The summed E-state index contributed by atoms with van der Waals surface area (Å²) < 4.78 is 5.23. The Morgan fingerprint density at radius 1 is 1.18 bits per heavy atom. The molecule has 0 aliphatic carbocycles. The number of fused-ring (bicyclic) bond motifs is 1. The highest BCUT2D eigenvalue weighted by Gasteiger charge is 2.19. The fraction of sp³-hybridized carbons (Fsp3) is 0.182. The normalized spacial score (nSPS) is 11.1. The van der Waals surface area contributed by atoms with Crippen LogP contribution in [0.2, 0.25) is 5.02 Å². The SMILES string of the molecule is Cc1cc(CN(C)C(=O)Cc2c(-c3ccccc3)[nH]c3ccc(Cl)cc23)on1. The number of aromatic amines is 1. The van der Waals surface area contributed by atoms with Crippen LogP contribution in [0.15, 0.2) is 59.1 Å². The van der Waals surface area contributed by atoms with Crippen molar-refractivity contribution in [2.24, 2.45) is 0 Å². The monoisotopic (exact) mass is 393 g/mol. The number of hydrogen-bond acceptors (Lipinski definition) is 3. The second-order valence-corrected chi connectivity index (χ2v) is 7.33. The van der Waals surface area contributed by atoms with Crippen molar-refractivity contribution in [2.45, 2.75) is 19.9 Å². The molecule has 0 fully saturated rings. The first-order chi connectivity index (χ1) is 13.5. The summed E-state index contributed by atoms with van der Waals surface area (Å²) in [7, 11) is 1.77. The zero-order chi connectivity index (χ0) is 19.7. The summed E-state index contributed by atoms with van der Waals surface area (Å²) >= 11 is 6.23. The molecule has 0 atom stereocenters. The van der Waals surface area contributed by atoms with Gasteiger partial charge in [0.1, 0.15) is 0 Å². The molecule has 2 aromatic heterocycles. The van der Waals surface area contributed by atoms with Gasteiger partial charge in [-0.2, -0.15) is 0 Å². The molecule has 142 valence electrons. The predicted octanol–water partition coefficient (Wildman–Crippen LogP) is 4.99. The standard InChI is InChI=1S/C22H20ClN3O2/c1-14-10-17(28-25-14)13-26(2)21(27)12-19-18-11-16(23)8-9-20(18)24-22(19)15-6-4-3-5-7-15/h3-11,24H,12-13H2,1-2H3. The first-order valence-electron chi connectivity index (χ1n) is 9.03. The van der Waals surface area contributed by atoms with Gasteiger partial charge >= 0.3 is 0 Å². The van der Waals surface area contributed by atoms with E-state index >= 15 is 0 Å². The Morgan fingerprint density at radius 2 is 1.96 bits per heavy atom. The second-order valence-electron chi connectivity index (χ2n) is 6.90. The Kier molecular flexibility index (Phi) is 4.92. The van der Waals surface area contributed by atoms with E-state index in [2.05, 4.69) is 10.1 Å². The molecule has 0 bridgehead atoms. The lowest BCUT2D eigenvalue weighted by Gasteiger charge is -2.16. The van der Waals surface area contributed by atoms with E-state index in [0.717, 1.165) is 33.4 Å². The van der Waals surface area contributed by atoms with E-state index in [1.807, 2.05) is 61.5 Å². The van der Waals surface area contributed by atoms with E-state index in [-0.39, 0.29) is 12.3 Å². The Hall–Kier alpha value is -3.05. The number of aromatic nitrogens is 2. The molecule has 1 amide bonds. The van der Waals surface area contributed by atoms with Crippen LogP contribution in [-0.4, -0.2) is 28.0 Å². The number of carbonyl (C=O) groups is 1. The van der Waals surface area contributed by atoms with Crippen LogP contribution in [0.1, 0.15) is 17.0 Å². The zero-order valence-electron chi connectivity index (χ0n) is 15.7. The number of aryl methyl sites for hydroxylation is 1. The van der Waals surface area contributed by atoms with Gasteiger partial charge in [-0.1, -0.05) is 47.1 Å². The molecule has 2 heterocycles. The number of amides is 1. The maximum Gasteiger partial charge on any atom is 0.227 e. The van der Waals surface area contributed by atoms with Gasteiger partial charge in [0.15, 0.2) is 5.76 Å². The van der Waals surface area contributed by atoms with E-state index in [9.17, 15) is 4.79 Å².